The van der Waals surface area contributed by atoms with Gasteiger partial charge in [0.15, 0.2) is 11.5 Å². The molecule has 166 valence electrons. The molecular weight excluding hydrogens is 426 g/mol. The number of hydrogen-bond acceptors (Lipinski definition) is 7. The molecule has 9 heteroatoms. The molecule has 2 N–H and O–H groups in total. The maximum absolute atomic E-state index is 13.2. The zero-order chi connectivity index (χ0) is 23.1. The molecule has 0 bridgehead atoms. The minimum Gasteiger partial charge on any atom is -0.507 e. The third kappa shape index (κ3) is 3.21. The zero-order valence-electron chi connectivity index (χ0n) is 17.7. The number of hydrogen-bond donors (Lipinski definition) is 2. The highest BCUT2D eigenvalue weighted by Crippen LogP contribution is 2.42. The first-order valence-corrected chi connectivity index (χ1v) is 10.0. The van der Waals surface area contributed by atoms with Gasteiger partial charge in [0, 0.05) is 5.56 Å². The summed E-state index contributed by atoms with van der Waals surface area (Å²) in [5, 5.41) is 11.2. The predicted molar refractivity (Wildman–Crippen MR) is 119 cm³/mol. The maximum Gasteiger partial charge on any atom is 0.302 e. The Kier molecular flexibility index (Phi) is 4.86. The van der Waals surface area contributed by atoms with Gasteiger partial charge in [0.25, 0.3) is 5.78 Å². The van der Waals surface area contributed by atoms with Crippen molar-refractivity contribution in [1.82, 2.24) is 9.97 Å². The lowest BCUT2D eigenvalue weighted by Crippen LogP contribution is -2.30. The van der Waals surface area contributed by atoms with Crippen LogP contribution in [0.4, 0.5) is 5.95 Å². The highest BCUT2D eigenvalue weighted by Gasteiger charge is 2.49. The summed E-state index contributed by atoms with van der Waals surface area (Å²) in [5.41, 5.74) is 1.49. The first-order valence-electron chi connectivity index (χ1n) is 10.0. The van der Waals surface area contributed by atoms with E-state index < -0.39 is 17.7 Å². The number of H-pyrrole nitrogens is 1. The Hall–Kier alpha value is -4.53. The lowest BCUT2D eigenvalue weighted by molar-refractivity contribution is -0.132. The summed E-state index contributed by atoms with van der Waals surface area (Å²) >= 11 is 0. The minimum absolute atomic E-state index is 0.123. The number of methoxy groups -OCH3 is 2. The topological polar surface area (TPSA) is 118 Å². The standard InChI is InChI=1S/C24H19N3O6/c1-31-16-10-9-13(12-18(16)32-2)21(28)19-20(17-8-5-11-33-17)27(23(30)22(19)29)24-25-14-6-3-4-7-15(14)26-24/h3-12,20,28H,1-2H3,(H,25,26)/b21-19+. The van der Waals surface area contributed by atoms with Crippen LogP contribution in [0.15, 0.2) is 70.9 Å². The highest BCUT2D eigenvalue weighted by molar-refractivity contribution is 6.51. The van der Waals surface area contributed by atoms with E-state index in [2.05, 4.69) is 9.97 Å². The van der Waals surface area contributed by atoms with Crippen LogP contribution in [0.1, 0.15) is 17.4 Å². The maximum atomic E-state index is 13.2. The Morgan fingerprint density at radius 1 is 1.06 bits per heavy atom. The number of ether oxygens (including phenoxy) is 2. The van der Waals surface area contributed by atoms with Crippen molar-refractivity contribution in [1.29, 1.82) is 0 Å². The fourth-order valence-electron chi connectivity index (χ4n) is 3.96. The molecule has 1 saturated heterocycles. The van der Waals surface area contributed by atoms with Gasteiger partial charge in [0.1, 0.15) is 17.6 Å². The van der Waals surface area contributed by atoms with Gasteiger partial charge in [0.2, 0.25) is 5.95 Å². The number of aromatic nitrogens is 2. The van der Waals surface area contributed by atoms with Crippen molar-refractivity contribution in [3.05, 3.63) is 77.8 Å². The van der Waals surface area contributed by atoms with E-state index in [9.17, 15) is 14.7 Å². The van der Waals surface area contributed by atoms with Crippen LogP contribution < -0.4 is 14.4 Å². The molecule has 0 saturated carbocycles. The number of Topliss-reactive ketones (excluding diaryl/α,β-unsaturated/α-hetero) is 1. The average Bonchev–Trinajstić information content (AvgIpc) is 3.56. The molecule has 4 aromatic rings. The number of benzene rings is 2. The number of carbonyl (C=O) groups excluding carboxylic acids is 2. The first-order chi connectivity index (χ1) is 16.0. The van der Waals surface area contributed by atoms with Gasteiger partial charge in [-0.05, 0) is 42.5 Å². The molecule has 1 aliphatic rings. The third-order valence-electron chi connectivity index (χ3n) is 5.52. The van der Waals surface area contributed by atoms with E-state index in [0.717, 1.165) is 0 Å². The van der Waals surface area contributed by atoms with Crippen molar-refractivity contribution < 1.29 is 28.6 Å². The van der Waals surface area contributed by atoms with Gasteiger partial charge in [-0.2, -0.15) is 0 Å². The first kappa shape index (κ1) is 20.4. The van der Waals surface area contributed by atoms with Crippen LogP contribution in [0, 0.1) is 0 Å². The molecule has 1 atom stereocenters. The molecule has 1 aliphatic heterocycles. The number of nitrogens with one attached hydrogen (secondary N) is 1. The summed E-state index contributed by atoms with van der Waals surface area (Å²) in [6.07, 6.45) is 1.44. The van der Waals surface area contributed by atoms with E-state index in [1.807, 2.05) is 18.2 Å². The number of aliphatic hydroxyl groups excluding tert-OH is 1. The number of amides is 1. The molecule has 0 aliphatic carbocycles. The summed E-state index contributed by atoms with van der Waals surface area (Å²) < 4.78 is 16.1. The number of furan rings is 1. The van der Waals surface area contributed by atoms with E-state index in [4.69, 9.17) is 13.9 Å². The largest absolute Gasteiger partial charge is 0.507 e. The number of aliphatic hydroxyl groups is 1. The van der Waals surface area contributed by atoms with E-state index in [0.29, 0.717) is 28.3 Å². The summed E-state index contributed by atoms with van der Waals surface area (Å²) in [5.74, 6) is -0.763. The van der Waals surface area contributed by atoms with Crippen LogP contribution in [-0.2, 0) is 9.59 Å². The Balaban J connectivity index is 1.70. The lowest BCUT2D eigenvalue weighted by Gasteiger charge is -2.20. The number of imidazole rings is 1. The monoisotopic (exact) mass is 445 g/mol. The van der Waals surface area contributed by atoms with Crippen LogP contribution in [0.5, 0.6) is 11.5 Å². The number of anilines is 1. The van der Waals surface area contributed by atoms with Crippen molar-refractivity contribution in [2.24, 2.45) is 0 Å². The molecule has 33 heavy (non-hydrogen) atoms. The van der Waals surface area contributed by atoms with Gasteiger partial charge in [-0.25, -0.2) is 4.98 Å². The van der Waals surface area contributed by atoms with Gasteiger partial charge >= 0.3 is 5.91 Å². The second-order valence-corrected chi connectivity index (χ2v) is 7.33. The number of nitrogens with zero attached hydrogens (tertiary/aromatic N) is 2. The number of aromatic amines is 1. The average molecular weight is 445 g/mol. The van der Waals surface area contributed by atoms with Crippen LogP contribution in [-0.4, -0.2) is 41.0 Å². The summed E-state index contributed by atoms with van der Waals surface area (Å²) in [6, 6.07) is 14.2. The molecule has 5 rings (SSSR count). The Labute approximate surface area is 187 Å². The van der Waals surface area contributed by atoms with Gasteiger partial charge in [-0.1, -0.05) is 12.1 Å². The second kappa shape index (κ2) is 7.86. The number of para-hydroxylation sites is 2. The molecule has 2 aromatic heterocycles. The van der Waals surface area contributed by atoms with Crippen LogP contribution >= 0.6 is 0 Å². The predicted octanol–water partition coefficient (Wildman–Crippen LogP) is 3.80. The van der Waals surface area contributed by atoms with Gasteiger partial charge < -0.3 is 24.0 Å². The Bertz CT molecular complexity index is 1370. The molecule has 1 fully saturated rings. The molecule has 9 nitrogen and oxygen atoms in total. The number of fused-ring (bicyclic) bond motifs is 1. The number of carbonyl (C=O) groups is 2. The zero-order valence-corrected chi connectivity index (χ0v) is 17.7. The molecule has 0 spiro atoms. The normalized spacial score (nSPS) is 17.6. The summed E-state index contributed by atoms with van der Waals surface area (Å²) in [6.45, 7) is 0. The summed E-state index contributed by atoms with van der Waals surface area (Å²) in [4.78, 5) is 35.0. The second-order valence-electron chi connectivity index (χ2n) is 7.33. The smallest absolute Gasteiger partial charge is 0.302 e. The SMILES string of the molecule is COc1ccc(/C(O)=C2\C(=O)C(=O)N(c3nc4ccccc4[nH]3)C2c2ccco2)cc1OC. The Morgan fingerprint density at radius 2 is 1.85 bits per heavy atom. The molecular formula is C24H19N3O6. The van der Waals surface area contributed by atoms with E-state index in [-0.39, 0.29) is 22.8 Å². The van der Waals surface area contributed by atoms with E-state index in [1.54, 1.807) is 30.3 Å². The summed E-state index contributed by atoms with van der Waals surface area (Å²) in [7, 11) is 2.96. The van der Waals surface area contributed by atoms with Gasteiger partial charge in [-0.15, -0.1) is 0 Å². The van der Waals surface area contributed by atoms with Crippen molar-refractivity contribution in [3.63, 3.8) is 0 Å². The van der Waals surface area contributed by atoms with Crippen LogP contribution in [0.3, 0.4) is 0 Å². The van der Waals surface area contributed by atoms with E-state index in [1.165, 1.54) is 31.4 Å². The molecule has 0 radical (unpaired) electrons. The van der Waals surface area contributed by atoms with Crippen LogP contribution in [0.2, 0.25) is 0 Å². The van der Waals surface area contributed by atoms with Gasteiger partial charge in [0.05, 0.1) is 37.1 Å². The van der Waals surface area contributed by atoms with Crippen molar-refractivity contribution in [2.45, 2.75) is 6.04 Å². The third-order valence-corrected chi connectivity index (χ3v) is 5.52. The highest BCUT2D eigenvalue weighted by atomic mass is 16.5. The Morgan fingerprint density at radius 3 is 2.55 bits per heavy atom. The fraction of sp³-hybridized carbons (Fsp3) is 0.125. The van der Waals surface area contributed by atoms with Crippen LogP contribution in [0.25, 0.3) is 16.8 Å². The molecule has 3 heterocycles. The van der Waals surface area contributed by atoms with Gasteiger partial charge in [-0.3, -0.25) is 14.5 Å². The van der Waals surface area contributed by atoms with Crippen molar-refractivity contribution >= 4 is 34.4 Å². The quantitative estimate of drug-likeness (QED) is 0.273. The van der Waals surface area contributed by atoms with Crippen molar-refractivity contribution in [2.75, 3.05) is 19.1 Å². The molecule has 2 aromatic carbocycles. The number of rotatable bonds is 5. The molecule has 1 amide bonds. The fourth-order valence-corrected chi connectivity index (χ4v) is 3.96. The lowest BCUT2D eigenvalue weighted by atomic mass is 9.99. The minimum atomic E-state index is -1.02. The van der Waals surface area contributed by atoms with E-state index >= 15 is 0 Å². The molecule has 1 unspecified atom stereocenters. The number of ketones is 1. The van der Waals surface area contributed by atoms with Crippen molar-refractivity contribution in [3.8, 4) is 11.5 Å².